The Morgan fingerprint density at radius 3 is 2.48 bits per heavy atom. The zero-order valence-electron chi connectivity index (χ0n) is 17.0. The van der Waals surface area contributed by atoms with Gasteiger partial charge in [0.25, 0.3) is 17.6 Å². The molecular weight excluding hydrogens is 368 g/mol. The molecule has 29 heavy (non-hydrogen) atoms. The van der Waals surface area contributed by atoms with Crippen LogP contribution in [0.25, 0.3) is 10.9 Å². The number of carbonyl (C=O) groups is 3. The monoisotopic (exact) mass is 393 g/mol. The van der Waals surface area contributed by atoms with Crippen molar-refractivity contribution in [3.8, 4) is 0 Å². The fourth-order valence-corrected chi connectivity index (χ4v) is 5.43. The van der Waals surface area contributed by atoms with Crippen molar-refractivity contribution in [1.29, 1.82) is 0 Å². The van der Waals surface area contributed by atoms with Crippen LogP contribution < -0.4 is 9.88 Å². The van der Waals surface area contributed by atoms with Crippen LogP contribution in [0, 0.1) is 12.3 Å². The molecule has 0 bridgehead atoms. The molecule has 5 rings (SSSR count). The minimum atomic E-state index is -1.25. The Balaban J connectivity index is 1.74. The highest BCUT2D eigenvalue weighted by Gasteiger charge is 2.66. The topological polar surface area (TPSA) is 75.1 Å². The van der Waals surface area contributed by atoms with Crippen molar-refractivity contribution in [2.45, 2.75) is 38.6 Å². The zero-order chi connectivity index (χ0) is 20.5. The number of nitrogens with one attached hydrogen (secondary N) is 1. The molecule has 3 aliphatic heterocycles. The minimum absolute atomic E-state index is 0.249. The average Bonchev–Trinajstić information content (AvgIpc) is 2.73. The van der Waals surface area contributed by atoms with Crippen molar-refractivity contribution in [3.63, 3.8) is 0 Å². The van der Waals surface area contributed by atoms with E-state index in [-0.39, 0.29) is 17.9 Å². The van der Waals surface area contributed by atoms with E-state index in [0.29, 0.717) is 6.42 Å². The lowest BCUT2D eigenvalue weighted by Gasteiger charge is -2.50. The number of anilines is 1. The number of hydrogen-bond acceptors (Lipinski definition) is 4. The molecule has 7 nitrogen and oxygen atoms in total. The number of barbiturate groups is 1. The number of urea groups is 1. The largest absolute Gasteiger partial charge is 0.332 e. The molecule has 1 N–H and O–H groups in total. The summed E-state index contributed by atoms with van der Waals surface area (Å²) in [6, 6.07) is 7.55. The maximum absolute atomic E-state index is 13.5. The fourth-order valence-electron chi connectivity index (χ4n) is 5.43. The molecule has 3 aliphatic rings. The number of amides is 4. The average molecular weight is 393 g/mol. The molecule has 1 atom stereocenters. The molecule has 0 saturated carbocycles. The van der Waals surface area contributed by atoms with Gasteiger partial charge in [0.2, 0.25) is 0 Å². The summed E-state index contributed by atoms with van der Waals surface area (Å²) < 4.78 is 0. The van der Waals surface area contributed by atoms with E-state index in [1.54, 1.807) is 0 Å². The van der Waals surface area contributed by atoms with Gasteiger partial charge in [-0.1, -0.05) is 11.6 Å². The summed E-state index contributed by atoms with van der Waals surface area (Å²) >= 11 is 0. The van der Waals surface area contributed by atoms with E-state index in [2.05, 4.69) is 34.1 Å². The highest BCUT2D eigenvalue weighted by atomic mass is 16.2. The lowest BCUT2D eigenvalue weighted by atomic mass is 9.66. The molecule has 1 aromatic heterocycles. The third kappa shape index (κ3) is 2.30. The quantitative estimate of drug-likeness (QED) is 0.641. The van der Waals surface area contributed by atoms with Gasteiger partial charge in [0.15, 0.2) is 5.41 Å². The second-order valence-corrected chi connectivity index (χ2v) is 8.60. The number of fused-ring (bicyclic) bond motifs is 5. The molecule has 1 aromatic carbocycles. The van der Waals surface area contributed by atoms with Gasteiger partial charge in [0.05, 0.1) is 6.54 Å². The van der Waals surface area contributed by atoms with Crippen LogP contribution in [0.3, 0.4) is 0 Å². The van der Waals surface area contributed by atoms with Crippen LogP contribution in [-0.4, -0.2) is 54.3 Å². The van der Waals surface area contributed by atoms with Crippen LogP contribution in [0.1, 0.15) is 30.4 Å². The first kappa shape index (κ1) is 18.1. The molecule has 150 valence electrons. The van der Waals surface area contributed by atoms with Crippen molar-refractivity contribution in [1.82, 2.24) is 9.80 Å². The predicted octanol–water partition coefficient (Wildman–Crippen LogP) is 1.91. The van der Waals surface area contributed by atoms with Crippen LogP contribution >= 0.6 is 0 Å². The Bertz CT molecular complexity index is 1060. The van der Waals surface area contributed by atoms with Crippen LogP contribution in [0.15, 0.2) is 24.3 Å². The Hall–Kier alpha value is -2.96. The van der Waals surface area contributed by atoms with Gasteiger partial charge in [-0.3, -0.25) is 24.3 Å². The molecule has 2 fully saturated rings. The molecule has 0 aliphatic carbocycles. The highest BCUT2D eigenvalue weighted by Crippen LogP contribution is 2.47. The van der Waals surface area contributed by atoms with Gasteiger partial charge in [0.1, 0.15) is 11.6 Å². The molecule has 4 heterocycles. The summed E-state index contributed by atoms with van der Waals surface area (Å²) in [6.45, 7) is 2.83. The minimum Gasteiger partial charge on any atom is -0.273 e. The van der Waals surface area contributed by atoms with Gasteiger partial charge in [-0.2, -0.15) is 0 Å². The van der Waals surface area contributed by atoms with E-state index >= 15 is 0 Å². The Kier molecular flexibility index (Phi) is 3.75. The van der Waals surface area contributed by atoms with Crippen LogP contribution in [0.4, 0.5) is 10.6 Å². The Morgan fingerprint density at radius 1 is 1.03 bits per heavy atom. The smallest absolute Gasteiger partial charge is 0.273 e. The van der Waals surface area contributed by atoms with Crippen molar-refractivity contribution >= 4 is 34.6 Å². The molecule has 4 amide bonds. The number of aryl methyl sites for hydroxylation is 1. The lowest BCUT2D eigenvalue weighted by molar-refractivity contribution is -0.333. The third-order valence-electron chi connectivity index (χ3n) is 6.87. The number of rotatable bonds is 0. The van der Waals surface area contributed by atoms with Gasteiger partial charge in [-0.15, -0.1) is 0 Å². The van der Waals surface area contributed by atoms with E-state index in [4.69, 9.17) is 0 Å². The van der Waals surface area contributed by atoms with Crippen LogP contribution in [-0.2, 0) is 16.0 Å². The van der Waals surface area contributed by atoms with Crippen LogP contribution in [0.2, 0.25) is 0 Å². The van der Waals surface area contributed by atoms with Gasteiger partial charge in [-0.25, -0.2) is 9.78 Å². The first-order chi connectivity index (χ1) is 13.8. The molecule has 2 aromatic rings. The van der Waals surface area contributed by atoms with Crippen molar-refractivity contribution in [3.05, 3.63) is 35.4 Å². The number of H-pyrrole nitrogens is 1. The van der Waals surface area contributed by atoms with Gasteiger partial charge in [0, 0.05) is 31.5 Å². The number of hydrogen-bond donors (Lipinski definition) is 0. The maximum Gasteiger partial charge on any atom is 0.332 e. The van der Waals surface area contributed by atoms with Gasteiger partial charge < -0.3 is 0 Å². The standard InChI is InChI=1S/C22H24N4O3/c1-13-7-8-16-14(10-13)11-15-12-22(17-6-4-5-9-26(17)18(15)23-16)19(27)24(2)21(29)25(3)20(22)28/h7-8,10-11,17H,4-6,9,12H2,1-3H3/p+1/t17-/m0/s1. The summed E-state index contributed by atoms with van der Waals surface area (Å²) in [4.78, 5) is 47.3. The Morgan fingerprint density at radius 2 is 1.76 bits per heavy atom. The van der Waals surface area contributed by atoms with Crippen molar-refractivity contribution < 1.29 is 19.4 Å². The second-order valence-electron chi connectivity index (χ2n) is 8.60. The third-order valence-corrected chi connectivity index (χ3v) is 6.87. The number of pyridine rings is 1. The number of imide groups is 2. The normalized spacial score (nSPS) is 23.6. The second kappa shape index (κ2) is 6.02. The van der Waals surface area contributed by atoms with E-state index in [1.165, 1.54) is 14.1 Å². The van der Waals surface area contributed by atoms with E-state index < -0.39 is 11.4 Å². The maximum atomic E-state index is 13.5. The van der Waals surface area contributed by atoms with Crippen molar-refractivity contribution in [2.75, 3.05) is 25.5 Å². The van der Waals surface area contributed by atoms with E-state index in [9.17, 15) is 14.4 Å². The summed E-state index contributed by atoms with van der Waals surface area (Å²) in [6.07, 6.45) is 3.04. The Labute approximate surface area is 169 Å². The molecule has 1 spiro atoms. The van der Waals surface area contributed by atoms with Crippen LogP contribution in [0.5, 0.6) is 0 Å². The first-order valence-corrected chi connectivity index (χ1v) is 10.2. The molecule has 7 heteroatoms. The molecule has 2 saturated heterocycles. The first-order valence-electron chi connectivity index (χ1n) is 10.2. The van der Waals surface area contributed by atoms with Crippen molar-refractivity contribution in [2.24, 2.45) is 5.41 Å². The van der Waals surface area contributed by atoms with Gasteiger partial charge >= 0.3 is 6.03 Å². The number of piperidine rings is 1. The number of aromatic amines is 1. The zero-order valence-corrected chi connectivity index (χ0v) is 17.0. The number of carbonyl (C=O) groups excluding carboxylic acids is 3. The number of nitrogens with zero attached hydrogens (tertiary/aromatic N) is 3. The number of aromatic nitrogens is 1. The van der Waals surface area contributed by atoms with E-state index in [0.717, 1.165) is 63.5 Å². The molecule has 0 unspecified atom stereocenters. The highest BCUT2D eigenvalue weighted by molar-refractivity contribution is 6.20. The summed E-state index contributed by atoms with van der Waals surface area (Å²) in [5.41, 5.74) is 1.90. The number of benzene rings is 1. The summed E-state index contributed by atoms with van der Waals surface area (Å²) in [5.74, 6) is 0.245. The fraction of sp³-hybridized carbons (Fsp3) is 0.455. The molecular formula is C22H25N4O3+. The summed E-state index contributed by atoms with van der Waals surface area (Å²) in [5, 5.41) is 1.06. The molecule has 0 radical (unpaired) electrons. The van der Waals surface area contributed by atoms with E-state index in [1.807, 2.05) is 6.92 Å². The predicted molar refractivity (Wildman–Crippen MR) is 107 cm³/mol. The SMILES string of the molecule is Cc1ccc2[nH+]c3c(cc2c1)CC1(C(=O)N(C)C(=O)N(C)C1=O)[C@@H]1CCCCN31. The van der Waals surface area contributed by atoms with Gasteiger partial charge in [-0.05, 0) is 44.4 Å². The lowest BCUT2D eigenvalue weighted by Crippen LogP contribution is -2.72. The summed E-state index contributed by atoms with van der Waals surface area (Å²) in [7, 11) is 2.96.